The molecule has 0 unspecified atom stereocenters. The molecule has 0 saturated carbocycles. The smallest absolute Gasteiger partial charge is 0.209 e. The molecular formula is C8H8F4N2O2S. The van der Waals surface area contributed by atoms with E-state index in [4.69, 9.17) is 0 Å². The fourth-order valence-electron chi connectivity index (χ4n) is 0.940. The van der Waals surface area contributed by atoms with Crippen LogP contribution in [0.15, 0.2) is 23.2 Å². The maximum atomic E-state index is 12.6. The summed E-state index contributed by atoms with van der Waals surface area (Å²) in [5, 5.41) is -0.653. The Balaban J connectivity index is 2.70. The molecule has 0 amide bonds. The SMILES string of the molecule is O=S(=O)(NCCC(F)(F)F)c1cccc(F)n1. The van der Waals surface area contributed by atoms with E-state index < -0.39 is 40.1 Å². The van der Waals surface area contributed by atoms with Gasteiger partial charge in [-0.15, -0.1) is 0 Å². The predicted molar refractivity (Wildman–Crippen MR) is 50.1 cm³/mol. The highest BCUT2D eigenvalue weighted by Gasteiger charge is 2.27. The van der Waals surface area contributed by atoms with Gasteiger partial charge in [0.2, 0.25) is 5.95 Å². The van der Waals surface area contributed by atoms with Crippen LogP contribution in [0.3, 0.4) is 0 Å². The lowest BCUT2D eigenvalue weighted by Crippen LogP contribution is -2.28. The Kier molecular flexibility index (Phi) is 4.04. The van der Waals surface area contributed by atoms with Crippen LogP contribution in [-0.2, 0) is 10.0 Å². The number of aromatic nitrogens is 1. The fraction of sp³-hybridized carbons (Fsp3) is 0.375. The molecule has 0 aliphatic carbocycles. The molecule has 0 bridgehead atoms. The normalized spacial score (nSPS) is 12.7. The van der Waals surface area contributed by atoms with E-state index in [-0.39, 0.29) is 0 Å². The summed E-state index contributed by atoms with van der Waals surface area (Å²) in [5.74, 6) is -1.02. The number of hydrogen-bond acceptors (Lipinski definition) is 3. The van der Waals surface area contributed by atoms with Gasteiger partial charge in [0.25, 0.3) is 10.0 Å². The van der Waals surface area contributed by atoms with Gasteiger partial charge in [0.15, 0.2) is 5.03 Å². The highest BCUT2D eigenvalue weighted by molar-refractivity contribution is 7.89. The Morgan fingerprint density at radius 1 is 1.29 bits per heavy atom. The molecule has 1 heterocycles. The van der Waals surface area contributed by atoms with Gasteiger partial charge >= 0.3 is 6.18 Å². The molecule has 1 rings (SSSR count). The second-order valence-electron chi connectivity index (χ2n) is 3.06. The van der Waals surface area contributed by atoms with E-state index >= 15 is 0 Å². The average Bonchev–Trinajstić information content (AvgIpc) is 2.15. The van der Waals surface area contributed by atoms with Crippen LogP contribution in [0.2, 0.25) is 0 Å². The lowest BCUT2D eigenvalue weighted by atomic mass is 10.4. The van der Waals surface area contributed by atoms with Crippen molar-refractivity contribution in [2.75, 3.05) is 6.54 Å². The van der Waals surface area contributed by atoms with Crippen molar-refractivity contribution in [3.05, 3.63) is 24.1 Å². The van der Waals surface area contributed by atoms with Crippen molar-refractivity contribution in [3.8, 4) is 0 Å². The van der Waals surface area contributed by atoms with E-state index in [1.54, 1.807) is 4.72 Å². The summed E-state index contributed by atoms with van der Waals surface area (Å²) in [6.07, 6.45) is -5.76. The monoisotopic (exact) mass is 272 g/mol. The van der Waals surface area contributed by atoms with Crippen LogP contribution in [0.1, 0.15) is 6.42 Å². The van der Waals surface area contributed by atoms with E-state index in [0.717, 1.165) is 18.2 Å². The van der Waals surface area contributed by atoms with Crippen LogP contribution in [0.4, 0.5) is 17.6 Å². The van der Waals surface area contributed by atoms with Crippen molar-refractivity contribution >= 4 is 10.0 Å². The van der Waals surface area contributed by atoms with Gasteiger partial charge in [-0.2, -0.15) is 17.6 Å². The van der Waals surface area contributed by atoms with Gasteiger partial charge < -0.3 is 0 Å². The third-order valence-electron chi connectivity index (χ3n) is 1.67. The maximum absolute atomic E-state index is 12.6. The van der Waals surface area contributed by atoms with E-state index in [0.29, 0.717) is 0 Å². The zero-order valence-electron chi connectivity index (χ0n) is 8.33. The van der Waals surface area contributed by atoms with Gasteiger partial charge in [-0.05, 0) is 12.1 Å². The first-order valence-electron chi connectivity index (χ1n) is 4.40. The molecule has 17 heavy (non-hydrogen) atoms. The molecule has 0 saturated heterocycles. The minimum absolute atomic E-state index is 0.653. The van der Waals surface area contributed by atoms with Gasteiger partial charge in [0, 0.05) is 6.54 Å². The van der Waals surface area contributed by atoms with Gasteiger partial charge in [-0.25, -0.2) is 18.1 Å². The maximum Gasteiger partial charge on any atom is 0.390 e. The zero-order valence-corrected chi connectivity index (χ0v) is 9.15. The number of rotatable bonds is 4. The van der Waals surface area contributed by atoms with Gasteiger partial charge in [0.1, 0.15) is 0 Å². The lowest BCUT2D eigenvalue weighted by molar-refractivity contribution is -0.132. The molecule has 1 aromatic heterocycles. The topological polar surface area (TPSA) is 59.1 Å². The third kappa shape index (κ3) is 4.65. The molecule has 96 valence electrons. The first-order chi connectivity index (χ1) is 7.71. The molecule has 0 aromatic carbocycles. The average molecular weight is 272 g/mol. The Bertz CT molecular complexity index is 487. The predicted octanol–water partition coefficient (Wildman–Crippen LogP) is 1.45. The molecule has 0 aliphatic heterocycles. The number of pyridine rings is 1. The summed E-state index contributed by atoms with van der Waals surface area (Å²) >= 11 is 0. The standard InChI is InChI=1S/C8H8F4N2O2S/c9-6-2-1-3-7(14-6)17(15,16)13-5-4-8(10,11)12/h1-3,13H,4-5H2. The van der Waals surface area contributed by atoms with E-state index in [1.165, 1.54) is 0 Å². The second-order valence-corrected chi connectivity index (χ2v) is 4.78. The zero-order chi connectivity index (χ0) is 13.1. The largest absolute Gasteiger partial charge is 0.390 e. The van der Waals surface area contributed by atoms with Gasteiger partial charge in [-0.3, -0.25) is 0 Å². The molecule has 0 aliphatic rings. The van der Waals surface area contributed by atoms with Crippen molar-refractivity contribution in [3.63, 3.8) is 0 Å². The van der Waals surface area contributed by atoms with Gasteiger partial charge in [-0.1, -0.05) is 6.07 Å². The Morgan fingerprint density at radius 3 is 2.47 bits per heavy atom. The fourth-order valence-corrected chi connectivity index (χ4v) is 1.92. The van der Waals surface area contributed by atoms with Crippen molar-refractivity contribution in [2.45, 2.75) is 17.6 Å². The molecule has 4 nitrogen and oxygen atoms in total. The Labute approximate surface area is 94.7 Å². The summed E-state index contributed by atoms with van der Waals surface area (Å²) in [6.45, 7) is -0.815. The lowest BCUT2D eigenvalue weighted by Gasteiger charge is -2.08. The van der Waals surface area contributed by atoms with Crippen LogP contribution in [0.25, 0.3) is 0 Å². The van der Waals surface area contributed by atoms with Crippen molar-refractivity contribution < 1.29 is 26.0 Å². The summed E-state index contributed by atoms with van der Waals surface area (Å²) in [7, 11) is -4.21. The Morgan fingerprint density at radius 2 is 1.94 bits per heavy atom. The number of nitrogens with zero attached hydrogens (tertiary/aromatic N) is 1. The van der Waals surface area contributed by atoms with Crippen LogP contribution >= 0.6 is 0 Å². The molecule has 0 atom stereocenters. The molecule has 9 heteroatoms. The highest BCUT2D eigenvalue weighted by Crippen LogP contribution is 2.18. The van der Waals surface area contributed by atoms with Crippen molar-refractivity contribution in [2.24, 2.45) is 0 Å². The highest BCUT2D eigenvalue weighted by atomic mass is 32.2. The number of halogens is 4. The van der Waals surface area contributed by atoms with Crippen LogP contribution < -0.4 is 4.72 Å². The summed E-state index contributed by atoms with van der Waals surface area (Å²) in [4.78, 5) is 3.06. The summed E-state index contributed by atoms with van der Waals surface area (Å²) in [6, 6.07) is 3.01. The quantitative estimate of drug-likeness (QED) is 0.666. The third-order valence-corrected chi connectivity index (χ3v) is 3.03. The molecule has 0 fully saturated rings. The number of alkyl halides is 3. The number of hydrogen-bond donors (Lipinski definition) is 1. The van der Waals surface area contributed by atoms with Crippen LogP contribution in [0.5, 0.6) is 0 Å². The second kappa shape index (κ2) is 4.96. The van der Waals surface area contributed by atoms with Crippen molar-refractivity contribution in [1.82, 2.24) is 9.71 Å². The van der Waals surface area contributed by atoms with E-state index in [1.807, 2.05) is 0 Å². The number of nitrogens with one attached hydrogen (secondary N) is 1. The molecule has 0 spiro atoms. The van der Waals surface area contributed by atoms with Crippen LogP contribution in [-0.4, -0.2) is 26.1 Å². The minimum Gasteiger partial charge on any atom is -0.209 e. The summed E-state index contributed by atoms with van der Waals surface area (Å²) < 4.78 is 72.4. The number of sulfonamides is 1. The van der Waals surface area contributed by atoms with Crippen molar-refractivity contribution in [1.29, 1.82) is 0 Å². The Hall–Kier alpha value is -1.22. The van der Waals surface area contributed by atoms with E-state index in [9.17, 15) is 26.0 Å². The molecule has 1 N–H and O–H groups in total. The summed E-state index contributed by atoms with van der Waals surface area (Å²) in [5.41, 5.74) is 0. The van der Waals surface area contributed by atoms with Gasteiger partial charge in [0.05, 0.1) is 6.42 Å². The molecule has 1 aromatic rings. The minimum atomic E-state index is -4.46. The first-order valence-corrected chi connectivity index (χ1v) is 5.88. The molecular weight excluding hydrogens is 264 g/mol. The van der Waals surface area contributed by atoms with E-state index in [2.05, 4.69) is 4.98 Å². The molecule has 0 radical (unpaired) electrons. The van der Waals surface area contributed by atoms with Crippen LogP contribution in [0, 0.1) is 5.95 Å². The first kappa shape index (κ1) is 13.8.